The number of pyridine rings is 1. The highest BCUT2D eigenvalue weighted by Gasteiger charge is 2.18. The molecule has 2 heterocycles. The predicted octanol–water partition coefficient (Wildman–Crippen LogP) is 5.32. The number of carboxylic acid groups (broad SMARTS) is 1. The van der Waals surface area contributed by atoms with Crippen LogP contribution in [0.4, 0.5) is 11.4 Å². The zero-order valence-electron chi connectivity index (χ0n) is 25.4. The number of rotatable bonds is 12. The number of aryl methyl sites for hydroxylation is 2. The Kier molecular flexibility index (Phi) is 11.9. The standard InChI is InChI=1S/C33H42N6O4/c1-6-21(3)28(24-11-12-26(33(42)43)22(4)15-24)19-36-29(7-2)27(17-34)32(41)38-30-16-25(18-35-23(30)5)37-31(40)20-39-13-9-8-10-14-39/h7,11-12,15-19,21H,2,6,8-10,13-14,20,34H2,1,3-5H3,(H,37,40)(H,38,41)(H,42,43)/b27-17+,28-19+,36-29-/t21-/m1/s1. The zero-order valence-corrected chi connectivity index (χ0v) is 25.4. The Bertz CT molecular complexity index is 1450. The summed E-state index contributed by atoms with van der Waals surface area (Å²) in [6.45, 7) is 13.6. The van der Waals surface area contributed by atoms with Gasteiger partial charge in [-0.1, -0.05) is 39.0 Å². The molecule has 0 spiro atoms. The van der Waals surface area contributed by atoms with Gasteiger partial charge < -0.3 is 21.5 Å². The number of hydrogen-bond acceptors (Lipinski definition) is 7. The maximum absolute atomic E-state index is 13.4. The van der Waals surface area contributed by atoms with Crippen LogP contribution in [-0.2, 0) is 9.59 Å². The molecule has 2 amide bonds. The van der Waals surface area contributed by atoms with E-state index in [1.54, 1.807) is 44.4 Å². The lowest BCUT2D eigenvalue weighted by Crippen LogP contribution is -2.36. The van der Waals surface area contributed by atoms with Crippen molar-refractivity contribution in [1.29, 1.82) is 0 Å². The number of nitrogens with zero attached hydrogens (tertiary/aromatic N) is 3. The minimum absolute atomic E-state index is 0.102. The molecule has 1 fully saturated rings. The highest BCUT2D eigenvalue weighted by molar-refractivity contribution is 6.29. The Morgan fingerprint density at radius 3 is 2.49 bits per heavy atom. The van der Waals surface area contributed by atoms with Crippen LogP contribution >= 0.6 is 0 Å². The summed E-state index contributed by atoms with van der Waals surface area (Å²) in [5.74, 6) is -1.52. The summed E-state index contributed by atoms with van der Waals surface area (Å²) in [6.07, 6.45) is 10.0. The van der Waals surface area contributed by atoms with Gasteiger partial charge in [0.05, 0.1) is 46.7 Å². The Morgan fingerprint density at radius 1 is 1.16 bits per heavy atom. The number of amides is 2. The Labute approximate surface area is 253 Å². The van der Waals surface area contributed by atoms with Gasteiger partial charge in [-0.15, -0.1) is 0 Å². The third-order valence-corrected chi connectivity index (χ3v) is 7.59. The normalized spacial score (nSPS) is 15.5. The van der Waals surface area contributed by atoms with E-state index >= 15 is 0 Å². The molecule has 1 aromatic carbocycles. The topological polar surface area (TPSA) is 150 Å². The van der Waals surface area contributed by atoms with E-state index in [4.69, 9.17) is 5.73 Å². The minimum Gasteiger partial charge on any atom is -0.478 e. The van der Waals surface area contributed by atoms with E-state index in [-0.39, 0.29) is 28.7 Å². The van der Waals surface area contributed by atoms with Crippen LogP contribution in [0.25, 0.3) is 5.57 Å². The first-order chi connectivity index (χ1) is 20.6. The van der Waals surface area contributed by atoms with E-state index in [1.807, 2.05) is 13.0 Å². The third-order valence-electron chi connectivity index (χ3n) is 7.59. The molecule has 0 aliphatic carbocycles. The van der Waals surface area contributed by atoms with Crippen molar-refractivity contribution in [3.8, 4) is 0 Å². The molecule has 43 heavy (non-hydrogen) atoms. The number of aromatic carboxylic acids is 1. The van der Waals surface area contributed by atoms with E-state index in [2.05, 4.69) is 39.0 Å². The van der Waals surface area contributed by atoms with Gasteiger partial charge in [0, 0.05) is 12.4 Å². The molecule has 10 heteroatoms. The average molecular weight is 587 g/mol. The van der Waals surface area contributed by atoms with E-state index in [0.29, 0.717) is 29.2 Å². The van der Waals surface area contributed by atoms with Crippen molar-refractivity contribution >= 4 is 40.4 Å². The van der Waals surface area contributed by atoms with Gasteiger partial charge in [0.15, 0.2) is 0 Å². The van der Waals surface area contributed by atoms with E-state index < -0.39 is 11.9 Å². The monoisotopic (exact) mass is 586 g/mol. The number of carbonyl (C=O) groups excluding carboxylic acids is 2. The Balaban J connectivity index is 1.82. The summed E-state index contributed by atoms with van der Waals surface area (Å²) in [5.41, 5.74) is 10.3. The number of nitrogens with two attached hydrogens (primary N) is 1. The van der Waals surface area contributed by atoms with Crippen molar-refractivity contribution in [2.24, 2.45) is 16.6 Å². The van der Waals surface area contributed by atoms with Gasteiger partial charge in [0.1, 0.15) is 0 Å². The maximum Gasteiger partial charge on any atom is 0.335 e. The third kappa shape index (κ3) is 8.96. The van der Waals surface area contributed by atoms with Crippen molar-refractivity contribution in [2.75, 3.05) is 30.3 Å². The summed E-state index contributed by atoms with van der Waals surface area (Å²) in [6, 6.07) is 6.83. The van der Waals surface area contributed by atoms with Crippen molar-refractivity contribution < 1.29 is 19.5 Å². The quantitative estimate of drug-likeness (QED) is 0.194. The molecule has 5 N–H and O–H groups in total. The number of allylic oxidation sites excluding steroid dienone is 2. The van der Waals surface area contributed by atoms with E-state index in [0.717, 1.165) is 43.5 Å². The molecule has 1 aliphatic heterocycles. The van der Waals surface area contributed by atoms with Crippen LogP contribution in [-0.4, -0.2) is 58.1 Å². The number of hydrogen-bond donors (Lipinski definition) is 4. The lowest BCUT2D eigenvalue weighted by molar-refractivity contribution is -0.117. The van der Waals surface area contributed by atoms with Crippen LogP contribution in [0.15, 0.2) is 66.1 Å². The van der Waals surface area contributed by atoms with Gasteiger partial charge >= 0.3 is 5.97 Å². The molecule has 3 rings (SSSR count). The first-order valence-corrected chi connectivity index (χ1v) is 14.5. The second kappa shape index (κ2) is 15.6. The highest BCUT2D eigenvalue weighted by atomic mass is 16.4. The number of nitrogens with one attached hydrogen (secondary N) is 2. The van der Waals surface area contributed by atoms with Crippen LogP contribution in [0.5, 0.6) is 0 Å². The molecule has 2 aromatic rings. The fraction of sp³-hybridized carbons (Fsp3) is 0.364. The summed E-state index contributed by atoms with van der Waals surface area (Å²) in [7, 11) is 0. The summed E-state index contributed by atoms with van der Waals surface area (Å²) < 4.78 is 0. The molecule has 1 aromatic heterocycles. The van der Waals surface area contributed by atoms with Gasteiger partial charge in [0.25, 0.3) is 5.91 Å². The number of aromatic nitrogens is 1. The fourth-order valence-corrected chi connectivity index (χ4v) is 4.88. The average Bonchev–Trinajstić information content (AvgIpc) is 2.98. The summed E-state index contributed by atoms with van der Waals surface area (Å²) in [5, 5.41) is 15.1. The number of carboxylic acids is 1. The molecule has 0 unspecified atom stereocenters. The smallest absolute Gasteiger partial charge is 0.335 e. The number of carbonyl (C=O) groups is 3. The van der Waals surface area contributed by atoms with Gasteiger partial charge in [0.2, 0.25) is 5.91 Å². The number of benzene rings is 1. The molecule has 1 aliphatic rings. The van der Waals surface area contributed by atoms with E-state index in [9.17, 15) is 19.5 Å². The Morgan fingerprint density at radius 2 is 1.88 bits per heavy atom. The lowest BCUT2D eigenvalue weighted by Gasteiger charge is -2.25. The van der Waals surface area contributed by atoms with Crippen molar-refractivity contribution in [2.45, 2.75) is 53.4 Å². The van der Waals surface area contributed by atoms with Gasteiger partial charge in [-0.3, -0.25) is 24.5 Å². The minimum atomic E-state index is -0.982. The maximum atomic E-state index is 13.4. The second-order valence-electron chi connectivity index (χ2n) is 10.7. The van der Waals surface area contributed by atoms with Crippen LogP contribution in [0.3, 0.4) is 0 Å². The molecule has 1 atom stereocenters. The van der Waals surface area contributed by atoms with Crippen molar-refractivity contribution in [3.05, 3.63) is 83.5 Å². The zero-order chi connectivity index (χ0) is 31.5. The first kappa shape index (κ1) is 32.9. The SMILES string of the molecule is C=CC(=N/C=C(/c1ccc(C(=O)O)c(C)c1)[C@H](C)CC)/C(=C\N)C(=O)Nc1cc(NC(=O)CN2CCCCC2)cnc1C. The molecule has 228 valence electrons. The van der Waals surface area contributed by atoms with Crippen LogP contribution in [0.2, 0.25) is 0 Å². The first-order valence-electron chi connectivity index (χ1n) is 14.5. The number of anilines is 2. The van der Waals surface area contributed by atoms with Crippen molar-refractivity contribution in [3.63, 3.8) is 0 Å². The van der Waals surface area contributed by atoms with Crippen molar-refractivity contribution in [1.82, 2.24) is 9.88 Å². The second-order valence-corrected chi connectivity index (χ2v) is 10.7. The van der Waals surface area contributed by atoms with E-state index in [1.165, 1.54) is 18.7 Å². The number of piperidine rings is 1. The van der Waals surface area contributed by atoms with Gasteiger partial charge in [-0.2, -0.15) is 0 Å². The van der Waals surface area contributed by atoms with Crippen LogP contribution < -0.4 is 16.4 Å². The molecule has 0 radical (unpaired) electrons. The van der Waals surface area contributed by atoms with Crippen LogP contribution in [0.1, 0.15) is 66.7 Å². The molecule has 10 nitrogen and oxygen atoms in total. The van der Waals surface area contributed by atoms with Gasteiger partial charge in [-0.25, -0.2) is 4.79 Å². The number of likely N-dealkylation sites (tertiary alicyclic amines) is 1. The molecule has 1 saturated heterocycles. The van der Waals surface area contributed by atoms with Gasteiger partial charge in [-0.05, 0) is 87.0 Å². The lowest BCUT2D eigenvalue weighted by atomic mass is 9.91. The summed E-state index contributed by atoms with van der Waals surface area (Å²) >= 11 is 0. The number of aliphatic imine (C=N–C) groups is 1. The molecular formula is C33H42N6O4. The predicted molar refractivity (Wildman–Crippen MR) is 172 cm³/mol. The fourth-order valence-electron chi connectivity index (χ4n) is 4.88. The largest absolute Gasteiger partial charge is 0.478 e. The molecule has 0 saturated carbocycles. The highest BCUT2D eigenvalue weighted by Crippen LogP contribution is 2.28. The molecular weight excluding hydrogens is 544 g/mol. The van der Waals surface area contributed by atoms with Crippen LogP contribution in [0, 0.1) is 19.8 Å². The molecule has 0 bridgehead atoms. The Hall–Kier alpha value is -4.57. The summed E-state index contributed by atoms with van der Waals surface area (Å²) in [4.78, 5) is 48.5.